The average Bonchev–Trinajstić information content (AvgIpc) is 2.85. The van der Waals surface area contributed by atoms with E-state index >= 15 is 0 Å². The molecule has 0 saturated heterocycles. The van der Waals surface area contributed by atoms with Crippen LogP contribution in [0, 0.1) is 0 Å². The minimum atomic E-state index is -1.13. The summed E-state index contributed by atoms with van der Waals surface area (Å²) in [6.45, 7) is 6.73. The predicted molar refractivity (Wildman–Crippen MR) is 130 cm³/mol. The van der Waals surface area contributed by atoms with Gasteiger partial charge in [-0.05, 0) is 45.4 Å². The fourth-order valence-electron chi connectivity index (χ4n) is 3.65. The van der Waals surface area contributed by atoms with Gasteiger partial charge in [-0.25, -0.2) is 9.59 Å². The zero-order chi connectivity index (χ0) is 27.5. The van der Waals surface area contributed by atoms with Gasteiger partial charge in [-0.2, -0.15) is 0 Å². The van der Waals surface area contributed by atoms with Crippen molar-refractivity contribution in [2.24, 2.45) is 0 Å². The monoisotopic (exact) mass is 517 g/mol. The Labute approximate surface area is 214 Å². The molecule has 37 heavy (non-hydrogen) atoms. The molecule has 1 aliphatic heterocycles. The largest absolute Gasteiger partial charge is 0.484 e. The van der Waals surface area contributed by atoms with E-state index in [-0.39, 0.29) is 37.2 Å². The molecule has 1 aromatic carbocycles. The smallest absolute Gasteiger partial charge is 0.336 e. The lowest BCUT2D eigenvalue weighted by Gasteiger charge is -2.30. The van der Waals surface area contributed by atoms with Gasteiger partial charge in [0.1, 0.15) is 5.75 Å². The van der Waals surface area contributed by atoms with Crippen LogP contribution in [0.25, 0.3) is 0 Å². The van der Waals surface area contributed by atoms with E-state index < -0.39 is 42.2 Å². The van der Waals surface area contributed by atoms with Crippen LogP contribution in [0.3, 0.4) is 0 Å². The standard InChI is InChI=1S/C25H31N3O9/c1-5-35-24(33)21-14(3)26-15(4)22(25(34)36-6-2)23(21)16-7-9-17(10-8-16)37-13-19(30)28-27-18(29)11-12-20(31)32/h7-10,23,26H,5-6,11-13H2,1-4H3,(H,27,29)(H,28,30)(H,31,32). The number of rotatable bonds is 11. The highest BCUT2D eigenvalue weighted by atomic mass is 16.5. The first-order chi connectivity index (χ1) is 17.6. The van der Waals surface area contributed by atoms with Crippen molar-refractivity contribution < 1.29 is 43.3 Å². The average molecular weight is 518 g/mol. The second-order valence-corrected chi connectivity index (χ2v) is 7.92. The van der Waals surface area contributed by atoms with Gasteiger partial charge in [0.2, 0.25) is 5.91 Å². The lowest BCUT2D eigenvalue weighted by Crippen LogP contribution is -2.43. The van der Waals surface area contributed by atoms with E-state index in [0.29, 0.717) is 22.7 Å². The number of carbonyl (C=O) groups excluding carboxylic acids is 4. The van der Waals surface area contributed by atoms with Crippen LogP contribution in [0.15, 0.2) is 46.8 Å². The van der Waals surface area contributed by atoms with Crippen LogP contribution in [0.4, 0.5) is 0 Å². The number of hydrazine groups is 1. The Morgan fingerprint density at radius 1 is 0.838 bits per heavy atom. The van der Waals surface area contributed by atoms with Crippen LogP contribution < -0.4 is 20.9 Å². The van der Waals surface area contributed by atoms with Crippen molar-refractivity contribution in [1.82, 2.24) is 16.2 Å². The van der Waals surface area contributed by atoms with Gasteiger partial charge in [-0.1, -0.05) is 12.1 Å². The second-order valence-electron chi connectivity index (χ2n) is 7.92. The summed E-state index contributed by atoms with van der Waals surface area (Å²) in [5.41, 5.74) is 6.50. The Morgan fingerprint density at radius 2 is 1.35 bits per heavy atom. The number of benzene rings is 1. The van der Waals surface area contributed by atoms with Gasteiger partial charge >= 0.3 is 17.9 Å². The van der Waals surface area contributed by atoms with Crippen molar-refractivity contribution in [3.8, 4) is 5.75 Å². The Hall–Kier alpha value is -4.35. The van der Waals surface area contributed by atoms with E-state index in [0.717, 1.165) is 0 Å². The van der Waals surface area contributed by atoms with Crippen molar-refractivity contribution in [3.05, 3.63) is 52.4 Å². The van der Waals surface area contributed by atoms with Crippen LogP contribution in [0.5, 0.6) is 5.75 Å². The summed E-state index contributed by atoms with van der Waals surface area (Å²) in [5.74, 6) is -3.98. The summed E-state index contributed by atoms with van der Waals surface area (Å²) in [4.78, 5) is 59.5. The number of carbonyl (C=O) groups is 5. The van der Waals surface area contributed by atoms with Crippen molar-refractivity contribution in [1.29, 1.82) is 0 Å². The zero-order valence-corrected chi connectivity index (χ0v) is 21.1. The number of dihydropyridines is 1. The highest BCUT2D eigenvalue weighted by Gasteiger charge is 2.37. The SMILES string of the molecule is CCOC(=O)C1=C(C)NC(C)=C(C(=O)OCC)C1c1ccc(OCC(=O)NNC(=O)CCC(=O)O)cc1. The van der Waals surface area contributed by atoms with Crippen LogP contribution in [-0.2, 0) is 33.4 Å². The highest BCUT2D eigenvalue weighted by molar-refractivity contribution is 5.99. The third-order valence-electron chi connectivity index (χ3n) is 5.24. The van der Waals surface area contributed by atoms with E-state index in [4.69, 9.17) is 19.3 Å². The number of aliphatic carboxylic acids is 1. The molecule has 0 unspecified atom stereocenters. The van der Waals surface area contributed by atoms with Crippen molar-refractivity contribution in [2.45, 2.75) is 46.5 Å². The van der Waals surface area contributed by atoms with Gasteiger partial charge in [0.25, 0.3) is 5.91 Å². The molecule has 0 atom stereocenters. The molecule has 0 aliphatic carbocycles. The molecule has 0 radical (unpaired) electrons. The quantitative estimate of drug-likeness (QED) is 0.249. The van der Waals surface area contributed by atoms with Crippen molar-refractivity contribution >= 4 is 29.7 Å². The number of carboxylic acid groups (broad SMARTS) is 1. The van der Waals surface area contributed by atoms with Crippen molar-refractivity contribution in [2.75, 3.05) is 19.8 Å². The molecule has 0 fully saturated rings. The summed E-state index contributed by atoms with van der Waals surface area (Å²) < 4.78 is 15.9. The lowest BCUT2D eigenvalue weighted by atomic mass is 9.80. The molecular weight excluding hydrogens is 486 g/mol. The predicted octanol–water partition coefficient (Wildman–Crippen LogP) is 1.44. The Morgan fingerprint density at radius 3 is 1.84 bits per heavy atom. The van der Waals surface area contributed by atoms with Crippen LogP contribution in [0.1, 0.15) is 52.0 Å². The van der Waals surface area contributed by atoms with Gasteiger partial charge in [0.15, 0.2) is 6.61 Å². The number of carboxylic acids is 1. The summed E-state index contributed by atoms with van der Waals surface area (Å²) in [6, 6.07) is 6.48. The molecule has 0 bridgehead atoms. The number of hydrogen-bond donors (Lipinski definition) is 4. The first-order valence-corrected chi connectivity index (χ1v) is 11.6. The van der Waals surface area contributed by atoms with E-state index in [2.05, 4.69) is 16.2 Å². The molecule has 1 aromatic rings. The third kappa shape index (κ3) is 8.09. The van der Waals surface area contributed by atoms with Gasteiger partial charge in [0.05, 0.1) is 36.7 Å². The van der Waals surface area contributed by atoms with Crippen LogP contribution >= 0.6 is 0 Å². The number of nitrogens with one attached hydrogen (secondary N) is 3. The number of esters is 2. The molecule has 2 rings (SSSR count). The topological polar surface area (TPSA) is 169 Å². The molecule has 0 spiro atoms. The van der Waals surface area contributed by atoms with Crippen molar-refractivity contribution in [3.63, 3.8) is 0 Å². The Bertz CT molecular complexity index is 1070. The molecule has 200 valence electrons. The number of hydrogen-bond acceptors (Lipinski definition) is 9. The van der Waals surface area contributed by atoms with E-state index in [1.54, 1.807) is 52.0 Å². The van der Waals surface area contributed by atoms with Gasteiger partial charge in [-0.15, -0.1) is 0 Å². The lowest BCUT2D eigenvalue weighted by molar-refractivity contribution is -0.140. The normalized spacial score (nSPS) is 13.4. The molecule has 1 heterocycles. The minimum absolute atomic E-state index is 0.161. The third-order valence-corrected chi connectivity index (χ3v) is 5.24. The molecule has 0 saturated carbocycles. The van der Waals surface area contributed by atoms with Crippen LogP contribution in [0.2, 0.25) is 0 Å². The fourth-order valence-corrected chi connectivity index (χ4v) is 3.65. The molecule has 4 N–H and O–H groups in total. The van der Waals surface area contributed by atoms with E-state index in [1.165, 1.54) is 0 Å². The first kappa shape index (κ1) is 28.9. The molecule has 0 aromatic heterocycles. The molecule has 12 heteroatoms. The number of allylic oxidation sites excluding steroid dienone is 2. The van der Waals surface area contributed by atoms with Gasteiger partial charge in [-0.3, -0.25) is 25.2 Å². The van der Waals surface area contributed by atoms with E-state index in [1.807, 2.05) is 0 Å². The Balaban J connectivity index is 2.17. The number of ether oxygens (including phenoxy) is 3. The Kier molecular flexibility index (Phi) is 10.7. The van der Waals surface area contributed by atoms with Gasteiger partial charge in [0, 0.05) is 17.8 Å². The van der Waals surface area contributed by atoms with Crippen LogP contribution in [-0.4, -0.2) is 54.6 Å². The minimum Gasteiger partial charge on any atom is -0.484 e. The maximum atomic E-state index is 12.8. The summed E-state index contributed by atoms with van der Waals surface area (Å²) in [5, 5.41) is 11.6. The molecular formula is C25H31N3O9. The molecule has 1 aliphatic rings. The summed E-state index contributed by atoms with van der Waals surface area (Å²) >= 11 is 0. The first-order valence-electron chi connectivity index (χ1n) is 11.6. The van der Waals surface area contributed by atoms with Gasteiger partial charge < -0.3 is 24.6 Å². The summed E-state index contributed by atoms with van der Waals surface area (Å²) in [6.07, 6.45) is -0.640. The molecule has 2 amide bonds. The van der Waals surface area contributed by atoms with E-state index in [9.17, 15) is 24.0 Å². The number of amides is 2. The maximum absolute atomic E-state index is 12.8. The maximum Gasteiger partial charge on any atom is 0.336 e. The second kappa shape index (κ2) is 13.7. The summed E-state index contributed by atoms with van der Waals surface area (Å²) in [7, 11) is 0. The molecule has 12 nitrogen and oxygen atoms in total. The fraction of sp³-hybridized carbons (Fsp3) is 0.400. The zero-order valence-electron chi connectivity index (χ0n) is 21.1. The highest BCUT2D eigenvalue weighted by Crippen LogP contribution is 2.39.